The summed E-state index contributed by atoms with van der Waals surface area (Å²) in [6.07, 6.45) is 1.56. The third kappa shape index (κ3) is 6.10. The number of carbonyl (C=O) groups excluding carboxylic acids is 3. The fourth-order valence-electron chi connectivity index (χ4n) is 4.47. The highest BCUT2D eigenvalue weighted by Gasteiger charge is 2.30. The molecule has 5 rings (SSSR count). The van der Waals surface area contributed by atoms with Gasteiger partial charge in [-0.15, -0.1) is 0 Å². The summed E-state index contributed by atoms with van der Waals surface area (Å²) < 4.78 is 0. The summed E-state index contributed by atoms with van der Waals surface area (Å²) in [6.45, 7) is 5.81. The summed E-state index contributed by atoms with van der Waals surface area (Å²) >= 11 is 5.94. The molecule has 0 bridgehead atoms. The quantitative estimate of drug-likeness (QED) is 0.175. The smallest absolute Gasteiger partial charge is 0.259 e. The summed E-state index contributed by atoms with van der Waals surface area (Å²) in [4.78, 5) is 39.7. The van der Waals surface area contributed by atoms with Crippen LogP contribution >= 0.6 is 11.6 Å². The van der Waals surface area contributed by atoms with Crippen molar-refractivity contribution in [3.63, 3.8) is 0 Å². The zero-order valence-electron chi connectivity index (χ0n) is 22.7. The average Bonchev–Trinajstić information content (AvgIpc) is 2.95. The van der Waals surface area contributed by atoms with E-state index in [0.29, 0.717) is 33.1 Å². The van der Waals surface area contributed by atoms with Crippen molar-refractivity contribution in [1.29, 1.82) is 0 Å². The molecule has 0 unspecified atom stereocenters. The van der Waals surface area contributed by atoms with Gasteiger partial charge in [-0.1, -0.05) is 59.6 Å². The third-order valence-corrected chi connectivity index (χ3v) is 6.99. The first-order chi connectivity index (χ1) is 19.7. The molecule has 0 radical (unpaired) electrons. The minimum absolute atomic E-state index is 0.0440. The van der Waals surface area contributed by atoms with Gasteiger partial charge in [-0.05, 0) is 86.0 Å². The van der Waals surface area contributed by atoms with Crippen LogP contribution in [0.25, 0.3) is 6.08 Å². The number of anilines is 3. The molecule has 204 valence electrons. The van der Waals surface area contributed by atoms with Crippen LogP contribution < -0.4 is 16.1 Å². The summed E-state index contributed by atoms with van der Waals surface area (Å²) in [5, 5.41) is 10.7. The van der Waals surface area contributed by atoms with Gasteiger partial charge in [-0.2, -0.15) is 5.10 Å². The highest BCUT2D eigenvalue weighted by Crippen LogP contribution is 2.25. The van der Waals surface area contributed by atoms with Crippen molar-refractivity contribution in [3.8, 4) is 0 Å². The van der Waals surface area contributed by atoms with Gasteiger partial charge in [0.05, 0.1) is 11.3 Å². The maximum absolute atomic E-state index is 13.5. The molecule has 0 fully saturated rings. The van der Waals surface area contributed by atoms with Crippen molar-refractivity contribution in [2.45, 2.75) is 20.8 Å². The zero-order valence-corrected chi connectivity index (χ0v) is 23.5. The second-order valence-corrected chi connectivity index (χ2v) is 10.2. The Morgan fingerprint density at radius 3 is 2.27 bits per heavy atom. The van der Waals surface area contributed by atoms with Crippen LogP contribution in [-0.4, -0.2) is 23.3 Å². The summed E-state index contributed by atoms with van der Waals surface area (Å²) in [5.74, 6) is -1.35. The van der Waals surface area contributed by atoms with Gasteiger partial charge in [0.15, 0.2) is 0 Å². The molecular formula is C33H27ClN4O3. The van der Waals surface area contributed by atoms with Gasteiger partial charge in [-0.3, -0.25) is 19.8 Å². The Morgan fingerprint density at radius 1 is 0.756 bits per heavy atom. The van der Waals surface area contributed by atoms with Crippen molar-refractivity contribution in [2.24, 2.45) is 5.10 Å². The van der Waals surface area contributed by atoms with E-state index in [4.69, 9.17) is 11.6 Å². The van der Waals surface area contributed by atoms with Crippen molar-refractivity contribution in [1.82, 2.24) is 0 Å². The van der Waals surface area contributed by atoms with Crippen LogP contribution in [0.4, 0.5) is 17.1 Å². The Labute approximate surface area is 242 Å². The number of hydrazone groups is 1. The minimum atomic E-state index is -0.555. The molecule has 1 aliphatic rings. The molecule has 4 aromatic carbocycles. The van der Waals surface area contributed by atoms with E-state index in [1.165, 1.54) is 0 Å². The Kier molecular flexibility index (Phi) is 7.81. The van der Waals surface area contributed by atoms with Crippen LogP contribution in [0.15, 0.2) is 95.6 Å². The molecule has 0 spiro atoms. The molecule has 41 heavy (non-hydrogen) atoms. The maximum atomic E-state index is 13.5. The number of Topliss-reactive ketones (excluding diaryl/α,β-unsaturated/α-hetero) is 1. The fraction of sp³-hybridized carbons (Fsp3) is 0.0909. The number of amides is 2. The van der Waals surface area contributed by atoms with Gasteiger partial charge < -0.3 is 10.6 Å². The minimum Gasteiger partial charge on any atom is -0.322 e. The van der Waals surface area contributed by atoms with E-state index in [2.05, 4.69) is 21.2 Å². The molecule has 0 saturated carbocycles. The monoisotopic (exact) mass is 562 g/mol. The lowest BCUT2D eigenvalue weighted by molar-refractivity contribution is -0.116. The predicted octanol–water partition coefficient (Wildman–Crippen LogP) is 6.94. The highest BCUT2D eigenvalue weighted by molar-refractivity contribution is 6.59. The number of nitrogens with zero attached hydrogens (tertiary/aromatic N) is 1. The van der Waals surface area contributed by atoms with Crippen LogP contribution in [0, 0.1) is 20.8 Å². The molecular weight excluding hydrogens is 536 g/mol. The molecule has 0 atom stereocenters. The Morgan fingerprint density at radius 2 is 1.51 bits per heavy atom. The van der Waals surface area contributed by atoms with Crippen LogP contribution in [-0.2, 0) is 9.59 Å². The Hall–Kier alpha value is -5.01. The van der Waals surface area contributed by atoms with Gasteiger partial charge in [0.2, 0.25) is 5.78 Å². The number of nitrogens with one attached hydrogen (secondary N) is 3. The van der Waals surface area contributed by atoms with Crippen molar-refractivity contribution < 1.29 is 14.4 Å². The van der Waals surface area contributed by atoms with Gasteiger partial charge in [0.25, 0.3) is 11.8 Å². The van der Waals surface area contributed by atoms with Gasteiger partial charge >= 0.3 is 0 Å². The van der Waals surface area contributed by atoms with Crippen LogP contribution in [0.3, 0.4) is 0 Å². The molecule has 8 heteroatoms. The van der Waals surface area contributed by atoms with E-state index < -0.39 is 11.7 Å². The number of carbonyl (C=O) groups is 3. The van der Waals surface area contributed by atoms with E-state index in [9.17, 15) is 14.4 Å². The normalized spacial score (nSPS) is 13.3. The molecule has 0 saturated heterocycles. The highest BCUT2D eigenvalue weighted by atomic mass is 35.5. The molecule has 3 N–H and O–H groups in total. The van der Waals surface area contributed by atoms with Crippen molar-refractivity contribution in [3.05, 3.63) is 129 Å². The lowest BCUT2D eigenvalue weighted by Crippen LogP contribution is -2.30. The largest absolute Gasteiger partial charge is 0.322 e. The number of hydrogen-bond acceptors (Lipinski definition) is 5. The predicted molar refractivity (Wildman–Crippen MR) is 165 cm³/mol. The van der Waals surface area contributed by atoms with Crippen molar-refractivity contribution >= 4 is 58.0 Å². The van der Waals surface area contributed by atoms with Crippen molar-refractivity contribution in [2.75, 3.05) is 16.1 Å². The number of fused-ring (bicyclic) bond motifs is 1. The van der Waals surface area contributed by atoms with E-state index in [1.54, 1.807) is 60.7 Å². The van der Waals surface area contributed by atoms with E-state index in [1.807, 2.05) is 51.1 Å². The van der Waals surface area contributed by atoms with Gasteiger partial charge in [0, 0.05) is 27.5 Å². The van der Waals surface area contributed by atoms with E-state index >= 15 is 0 Å². The second-order valence-electron chi connectivity index (χ2n) is 9.81. The Bertz CT molecular complexity index is 1760. The number of hydrogen-bond donors (Lipinski definition) is 3. The Balaban J connectivity index is 1.41. The average molecular weight is 563 g/mol. The van der Waals surface area contributed by atoms with E-state index in [0.717, 1.165) is 22.4 Å². The van der Waals surface area contributed by atoms with Crippen LogP contribution in [0.5, 0.6) is 0 Å². The SMILES string of the molecule is Cc1ccc(NC(=O)c2ccc(C)c(N/N=C3\C(=O)C(C(=O)Nc4ccc(Cl)cc4)=Cc4ccccc43)c2)c(C)c1. The molecule has 0 aromatic heterocycles. The number of halogens is 1. The molecule has 0 heterocycles. The van der Waals surface area contributed by atoms with Gasteiger partial charge in [-0.25, -0.2) is 0 Å². The first-order valence-electron chi connectivity index (χ1n) is 13.0. The van der Waals surface area contributed by atoms with Crippen LogP contribution in [0.1, 0.15) is 38.2 Å². The second kappa shape index (κ2) is 11.6. The van der Waals surface area contributed by atoms with Crippen LogP contribution in [0.2, 0.25) is 5.02 Å². The lowest BCUT2D eigenvalue weighted by atomic mass is 9.89. The lowest BCUT2D eigenvalue weighted by Gasteiger charge is -2.18. The van der Waals surface area contributed by atoms with E-state index in [-0.39, 0.29) is 17.2 Å². The maximum Gasteiger partial charge on any atom is 0.259 e. The van der Waals surface area contributed by atoms with Gasteiger partial charge in [0.1, 0.15) is 5.71 Å². The summed E-state index contributed by atoms with van der Waals surface area (Å²) in [7, 11) is 0. The number of benzene rings is 4. The molecule has 0 aliphatic heterocycles. The molecule has 1 aliphatic carbocycles. The molecule has 2 amide bonds. The topological polar surface area (TPSA) is 99.7 Å². The zero-order chi connectivity index (χ0) is 29.1. The molecule has 7 nitrogen and oxygen atoms in total. The number of rotatable bonds is 6. The number of ketones is 1. The fourth-order valence-corrected chi connectivity index (χ4v) is 4.59. The number of aryl methyl sites for hydroxylation is 3. The molecule has 4 aromatic rings. The third-order valence-electron chi connectivity index (χ3n) is 6.74. The summed E-state index contributed by atoms with van der Waals surface area (Å²) in [5.41, 5.74) is 9.41. The first kappa shape index (κ1) is 27.6. The summed E-state index contributed by atoms with van der Waals surface area (Å²) in [6, 6.07) is 24.9. The standard InChI is InChI=1S/C33H27ClN4O3/c1-19-8-15-28(21(3)16-19)36-32(40)23-10-9-20(2)29(18-23)37-38-30-26-7-5-4-6-22(26)17-27(31(30)39)33(41)35-25-13-11-24(34)12-14-25/h4-18,37H,1-3H3,(H,35,41)(H,36,40)/b38-30-. The first-order valence-corrected chi connectivity index (χ1v) is 13.3.